The lowest BCUT2D eigenvalue weighted by atomic mass is 10.1. The van der Waals surface area contributed by atoms with E-state index in [1.165, 1.54) is 39.4 Å². The lowest BCUT2D eigenvalue weighted by molar-refractivity contribution is -0.148. The largest absolute Gasteiger partial charge is 0.493 e. The van der Waals surface area contributed by atoms with E-state index in [2.05, 4.69) is 10.1 Å². The Bertz CT molecular complexity index is 751. The third-order valence-corrected chi connectivity index (χ3v) is 4.31. The van der Waals surface area contributed by atoms with Crippen molar-refractivity contribution in [2.24, 2.45) is 0 Å². The first-order valence-electron chi connectivity index (χ1n) is 8.58. The van der Waals surface area contributed by atoms with Gasteiger partial charge in [-0.15, -0.1) is 0 Å². The summed E-state index contributed by atoms with van der Waals surface area (Å²) in [4.78, 5) is 37.7. The molecule has 9 nitrogen and oxygen atoms in total. The molecule has 1 saturated heterocycles. The molecule has 0 aliphatic carbocycles. The summed E-state index contributed by atoms with van der Waals surface area (Å²) in [5, 5.41) is 2.65. The molecular formula is C19H24N2O7. The molecule has 152 valence electrons. The molecule has 0 spiro atoms. The number of rotatable bonds is 7. The summed E-state index contributed by atoms with van der Waals surface area (Å²) in [5.74, 6) is 0.0150. The molecule has 0 aromatic heterocycles. The average molecular weight is 392 g/mol. The Morgan fingerprint density at radius 1 is 1.14 bits per heavy atom. The first-order valence-corrected chi connectivity index (χ1v) is 8.58. The van der Waals surface area contributed by atoms with Crippen molar-refractivity contribution < 1.29 is 33.3 Å². The van der Waals surface area contributed by atoms with Crippen LogP contribution in [0.1, 0.15) is 12.0 Å². The number of ether oxygens (including phenoxy) is 4. The maximum atomic E-state index is 12.6. The van der Waals surface area contributed by atoms with Gasteiger partial charge in [-0.05, 0) is 23.8 Å². The highest BCUT2D eigenvalue weighted by molar-refractivity contribution is 5.97. The zero-order valence-corrected chi connectivity index (χ0v) is 16.3. The summed E-state index contributed by atoms with van der Waals surface area (Å²) >= 11 is 0. The zero-order valence-electron chi connectivity index (χ0n) is 16.3. The Morgan fingerprint density at radius 2 is 1.79 bits per heavy atom. The van der Waals surface area contributed by atoms with Crippen molar-refractivity contribution in [2.75, 3.05) is 41.5 Å². The van der Waals surface area contributed by atoms with Crippen LogP contribution in [0.15, 0.2) is 18.2 Å². The first-order chi connectivity index (χ1) is 13.4. The van der Waals surface area contributed by atoms with E-state index in [9.17, 15) is 14.4 Å². The normalized spacial score (nSPS) is 16.5. The number of nitrogens with zero attached hydrogens (tertiary/aromatic N) is 1. The maximum absolute atomic E-state index is 12.6. The van der Waals surface area contributed by atoms with Crippen LogP contribution in [0, 0.1) is 0 Å². The monoisotopic (exact) mass is 392 g/mol. The number of carbonyl (C=O) groups is 3. The van der Waals surface area contributed by atoms with Crippen LogP contribution in [0.4, 0.5) is 0 Å². The summed E-state index contributed by atoms with van der Waals surface area (Å²) in [6.07, 6.45) is 2.71. The van der Waals surface area contributed by atoms with Crippen LogP contribution in [0.3, 0.4) is 0 Å². The van der Waals surface area contributed by atoms with Crippen LogP contribution >= 0.6 is 0 Å². The van der Waals surface area contributed by atoms with Gasteiger partial charge < -0.3 is 29.2 Å². The quantitative estimate of drug-likeness (QED) is 0.536. The summed E-state index contributed by atoms with van der Waals surface area (Å²) in [7, 11) is 5.74. The van der Waals surface area contributed by atoms with Crippen molar-refractivity contribution in [2.45, 2.75) is 12.5 Å². The van der Waals surface area contributed by atoms with Crippen molar-refractivity contribution in [3.63, 3.8) is 0 Å². The van der Waals surface area contributed by atoms with Gasteiger partial charge in [-0.25, -0.2) is 0 Å². The van der Waals surface area contributed by atoms with Crippen molar-refractivity contribution in [1.82, 2.24) is 10.2 Å². The smallest absolute Gasteiger partial charge is 0.308 e. The highest BCUT2D eigenvalue weighted by Crippen LogP contribution is 2.38. The van der Waals surface area contributed by atoms with Crippen molar-refractivity contribution >= 4 is 23.9 Å². The molecule has 1 N–H and O–H groups in total. The van der Waals surface area contributed by atoms with E-state index in [4.69, 9.17) is 14.2 Å². The van der Waals surface area contributed by atoms with E-state index in [0.29, 0.717) is 35.9 Å². The fourth-order valence-corrected chi connectivity index (χ4v) is 2.88. The molecule has 1 fully saturated rings. The van der Waals surface area contributed by atoms with Crippen LogP contribution in [0.25, 0.3) is 6.08 Å². The van der Waals surface area contributed by atoms with Gasteiger partial charge in [0.1, 0.15) is 6.04 Å². The average Bonchev–Trinajstić information content (AvgIpc) is 2.72. The summed E-state index contributed by atoms with van der Waals surface area (Å²) in [6.45, 7) is 0.617. The maximum Gasteiger partial charge on any atom is 0.308 e. The molecule has 2 rings (SSSR count). The molecule has 1 aromatic rings. The molecule has 1 aliphatic rings. The van der Waals surface area contributed by atoms with Crippen molar-refractivity contribution in [1.29, 1.82) is 0 Å². The number of hydrogen-bond acceptors (Lipinski definition) is 7. The van der Waals surface area contributed by atoms with Gasteiger partial charge in [0.2, 0.25) is 17.6 Å². The molecule has 1 unspecified atom stereocenters. The van der Waals surface area contributed by atoms with Gasteiger partial charge in [-0.2, -0.15) is 0 Å². The SMILES string of the molecule is COC(=O)CC1C(=O)NCCN1C(=O)C=Cc1cc(OC)c(OC)c(OC)c1. The Morgan fingerprint density at radius 3 is 2.32 bits per heavy atom. The molecule has 1 aliphatic heterocycles. The van der Waals surface area contributed by atoms with E-state index < -0.39 is 17.9 Å². The second kappa shape index (κ2) is 9.63. The van der Waals surface area contributed by atoms with E-state index in [-0.39, 0.29) is 12.3 Å². The molecule has 9 heteroatoms. The molecule has 2 amide bonds. The third-order valence-electron chi connectivity index (χ3n) is 4.31. The number of benzene rings is 1. The predicted octanol–water partition coefficient (Wildman–Crippen LogP) is 0.616. The molecule has 1 atom stereocenters. The lowest BCUT2D eigenvalue weighted by Gasteiger charge is -2.33. The van der Waals surface area contributed by atoms with Crippen molar-refractivity contribution in [3.8, 4) is 17.2 Å². The number of nitrogens with one attached hydrogen (secondary N) is 1. The van der Waals surface area contributed by atoms with Gasteiger partial charge in [0.25, 0.3) is 0 Å². The molecule has 0 radical (unpaired) electrons. The zero-order chi connectivity index (χ0) is 20.7. The van der Waals surface area contributed by atoms with Crippen LogP contribution < -0.4 is 19.5 Å². The van der Waals surface area contributed by atoms with E-state index in [0.717, 1.165) is 0 Å². The number of methoxy groups -OCH3 is 4. The Kier molecular flexibility index (Phi) is 7.25. The fraction of sp³-hybridized carbons (Fsp3) is 0.421. The number of carbonyl (C=O) groups excluding carboxylic acids is 3. The van der Waals surface area contributed by atoms with Gasteiger partial charge in [-0.3, -0.25) is 14.4 Å². The van der Waals surface area contributed by atoms with Gasteiger partial charge >= 0.3 is 5.97 Å². The highest BCUT2D eigenvalue weighted by Gasteiger charge is 2.34. The van der Waals surface area contributed by atoms with Gasteiger partial charge in [0.15, 0.2) is 11.5 Å². The van der Waals surface area contributed by atoms with Crippen LogP contribution in [-0.4, -0.2) is 70.3 Å². The third kappa shape index (κ3) is 4.73. The standard InChI is InChI=1S/C19H24N2O7/c1-25-14-9-12(10-15(26-2)18(14)28-4)5-6-16(22)21-8-7-20-19(24)13(21)11-17(23)27-3/h5-6,9-10,13H,7-8,11H2,1-4H3,(H,20,24). The number of esters is 1. The number of hydrogen-bond donors (Lipinski definition) is 1. The summed E-state index contributed by atoms with van der Waals surface area (Å²) < 4.78 is 20.5. The van der Waals surface area contributed by atoms with Crippen LogP contribution in [0.2, 0.25) is 0 Å². The minimum Gasteiger partial charge on any atom is -0.493 e. The second-order valence-corrected chi connectivity index (χ2v) is 5.91. The Labute approximate surface area is 163 Å². The second-order valence-electron chi connectivity index (χ2n) is 5.91. The van der Waals surface area contributed by atoms with E-state index in [1.54, 1.807) is 18.2 Å². The molecule has 28 heavy (non-hydrogen) atoms. The van der Waals surface area contributed by atoms with Gasteiger partial charge in [-0.1, -0.05) is 0 Å². The van der Waals surface area contributed by atoms with Gasteiger partial charge in [0, 0.05) is 19.2 Å². The van der Waals surface area contributed by atoms with Crippen molar-refractivity contribution in [3.05, 3.63) is 23.8 Å². The van der Waals surface area contributed by atoms with Crippen LogP contribution in [-0.2, 0) is 19.1 Å². The highest BCUT2D eigenvalue weighted by atomic mass is 16.5. The minimum atomic E-state index is -0.904. The molecule has 0 bridgehead atoms. The molecule has 1 aromatic carbocycles. The molecular weight excluding hydrogens is 368 g/mol. The van der Waals surface area contributed by atoms with Gasteiger partial charge in [0.05, 0.1) is 34.9 Å². The summed E-state index contributed by atoms with van der Waals surface area (Å²) in [6, 6.07) is 2.48. The van der Waals surface area contributed by atoms with E-state index in [1.807, 2.05) is 0 Å². The fourth-order valence-electron chi connectivity index (χ4n) is 2.88. The predicted molar refractivity (Wildman–Crippen MR) is 100 cm³/mol. The summed E-state index contributed by atoms with van der Waals surface area (Å²) in [5.41, 5.74) is 0.647. The topological polar surface area (TPSA) is 103 Å². The molecule has 1 heterocycles. The minimum absolute atomic E-state index is 0.202. The Hall–Kier alpha value is -3.23. The Balaban J connectivity index is 2.23. The van der Waals surface area contributed by atoms with Crippen LogP contribution in [0.5, 0.6) is 17.2 Å². The first kappa shape index (κ1) is 21.1. The lowest BCUT2D eigenvalue weighted by Crippen LogP contribution is -2.57. The number of amides is 2. The van der Waals surface area contributed by atoms with E-state index >= 15 is 0 Å². The molecule has 0 saturated carbocycles. The number of piperazine rings is 1.